The predicted octanol–water partition coefficient (Wildman–Crippen LogP) is 4.40. The summed E-state index contributed by atoms with van der Waals surface area (Å²) in [5.41, 5.74) is 0.403. The fourth-order valence-electron chi connectivity index (χ4n) is 2.95. The molecule has 0 atom stereocenters. The molecule has 156 valence electrons. The van der Waals surface area contributed by atoms with Gasteiger partial charge in [-0.2, -0.15) is 0 Å². The summed E-state index contributed by atoms with van der Waals surface area (Å²) < 4.78 is 25.6. The zero-order valence-corrected chi connectivity index (χ0v) is 19.6. The summed E-state index contributed by atoms with van der Waals surface area (Å²) in [4.78, 5) is 22.3. The second kappa shape index (κ2) is 9.09. The van der Waals surface area contributed by atoms with Gasteiger partial charge in [0.15, 0.2) is 15.0 Å². The standard InChI is InChI=1S/C19H22ClN3O3S3/c1-4-22(5-2)11-12-23(18(24)14-9-10-16(20)27-14)19-21-17-13(28-19)7-6-8-15(17)29(3,25)26/h6-10H,4-5,11-12H2,1-3H3. The number of para-hydroxylation sites is 1. The van der Waals surface area contributed by atoms with Crippen LogP contribution in [0.2, 0.25) is 4.34 Å². The van der Waals surface area contributed by atoms with Crippen molar-refractivity contribution in [1.82, 2.24) is 9.88 Å². The van der Waals surface area contributed by atoms with Crippen molar-refractivity contribution in [1.29, 1.82) is 0 Å². The lowest BCUT2D eigenvalue weighted by Gasteiger charge is -2.24. The molecule has 0 fully saturated rings. The number of likely N-dealkylation sites (N-methyl/N-ethyl adjacent to an activating group) is 1. The molecule has 2 heterocycles. The molecule has 0 saturated carbocycles. The number of amides is 1. The number of fused-ring (bicyclic) bond motifs is 1. The summed E-state index contributed by atoms with van der Waals surface area (Å²) in [6, 6.07) is 8.46. The number of benzene rings is 1. The van der Waals surface area contributed by atoms with Gasteiger partial charge < -0.3 is 4.90 Å². The van der Waals surface area contributed by atoms with Gasteiger partial charge >= 0.3 is 0 Å². The van der Waals surface area contributed by atoms with Gasteiger partial charge in [0.1, 0.15) is 5.52 Å². The molecule has 0 aliphatic heterocycles. The Balaban J connectivity index is 2.04. The molecule has 6 nitrogen and oxygen atoms in total. The van der Waals surface area contributed by atoms with Crippen LogP contribution in [0.15, 0.2) is 35.2 Å². The lowest BCUT2D eigenvalue weighted by Crippen LogP contribution is -2.38. The largest absolute Gasteiger partial charge is 0.302 e. The molecule has 0 saturated heterocycles. The van der Waals surface area contributed by atoms with Crippen molar-refractivity contribution in [3.63, 3.8) is 0 Å². The minimum Gasteiger partial charge on any atom is -0.302 e. The molecule has 0 bridgehead atoms. The molecule has 2 aromatic heterocycles. The SMILES string of the molecule is CCN(CC)CCN(C(=O)c1ccc(Cl)s1)c1nc2c(S(C)(=O)=O)cccc2s1. The third-order valence-electron chi connectivity index (χ3n) is 4.56. The minimum absolute atomic E-state index is 0.174. The molecule has 3 rings (SSSR count). The van der Waals surface area contributed by atoms with Crippen LogP contribution in [0.4, 0.5) is 5.13 Å². The molecular formula is C19H22ClN3O3S3. The van der Waals surface area contributed by atoms with Gasteiger partial charge in [-0.25, -0.2) is 13.4 Å². The molecule has 1 aromatic carbocycles. The number of anilines is 1. The highest BCUT2D eigenvalue weighted by atomic mass is 35.5. The number of hydrogen-bond acceptors (Lipinski definition) is 7. The number of carbonyl (C=O) groups is 1. The van der Waals surface area contributed by atoms with Crippen LogP contribution >= 0.6 is 34.3 Å². The Bertz CT molecular complexity index is 1120. The minimum atomic E-state index is -3.43. The van der Waals surface area contributed by atoms with E-state index in [1.54, 1.807) is 29.2 Å². The number of thiazole rings is 1. The number of nitrogens with zero attached hydrogens (tertiary/aromatic N) is 3. The van der Waals surface area contributed by atoms with Crippen LogP contribution in [0.5, 0.6) is 0 Å². The Kier molecular flexibility index (Phi) is 6.95. The molecule has 3 aromatic rings. The summed E-state index contributed by atoms with van der Waals surface area (Å²) in [5.74, 6) is -0.186. The number of sulfone groups is 1. The maximum atomic E-state index is 13.2. The Morgan fingerprint density at radius 3 is 2.41 bits per heavy atom. The van der Waals surface area contributed by atoms with E-state index < -0.39 is 9.84 Å². The first kappa shape index (κ1) is 22.2. The summed E-state index contributed by atoms with van der Waals surface area (Å²) in [5, 5.41) is 0.484. The van der Waals surface area contributed by atoms with Crippen LogP contribution in [0.25, 0.3) is 10.2 Å². The first-order valence-electron chi connectivity index (χ1n) is 9.13. The third-order valence-corrected chi connectivity index (χ3v) is 7.96. The van der Waals surface area contributed by atoms with Gasteiger partial charge in [-0.05, 0) is 37.4 Å². The van der Waals surface area contributed by atoms with Crippen LogP contribution < -0.4 is 4.90 Å². The topological polar surface area (TPSA) is 70.6 Å². The second-order valence-electron chi connectivity index (χ2n) is 6.46. The van der Waals surface area contributed by atoms with Gasteiger partial charge in [0.25, 0.3) is 5.91 Å². The third kappa shape index (κ3) is 4.97. The Hall–Kier alpha value is -1.52. The van der Waals surface area contributed by atoms with E-state index in [1.165, 1.54) is 22.7 Å². The van der Waals surface area contributed by atoms with Crippen LogP contribution in [0, 0.1) is 0 Å². The van der Waals surface area contributed by atoms with Crippen molar-refractivity contribution in [3.05, 3.63) is 39.5 Å². The number of rotatable bonds is 8. The molecule has 0 aliphatic carbocycles. The van der Waals surface area contributed by atoms with E-state index in [0.717, 1.165) is 24.0 Å². The molecule has 0 radical (unpaired) electrons. The number of aromatic nitrogens is 1. The van der Waals surface area contributed by atoms with Crippen LogP contribution in [0.3, 0.4) is 0 Å². The van der Waals surface area contributed by atoms with Gasteiger partial charge in [0.05, 0.1) is 18.8 Å². The molecule has 1 amide bonds. The smallest absolute Gasteiger partial charge is 0.270 e. The number of halogens is 1. The second-order valence-corrected chi connectivity index (χ2v) is 11.2. The Morgan fingerprint density at radius 1 is 1.10 bits per heavy atom. The summed E-state index contributed by atoms with van der Waals surface area (Å²) >= 11 is 8.56. The normalized spacial score (nSPS) is 12.0. The molecule has 0 N–H and O–H groups in total. The zero-order chi connectivity index (χ0) is 21.2. The monoisotopic (exact) mass is 471 g/mol. The van der Waals surface area contributed by atoms with Gasteiger partial charge in [-0.1, -0.05) is 42.9 Å². The van der Waals surface area contributed by atoms with E-state index in [4.69, 9.17) is 11.6 Å². The molecule has 0 unspecified atom stereocenters. The molecule has 29 heavy (non-hydrogen) atoms. The van der Waals surface area contributed by atoms with Crippen molar-refractivity contribution in [2.45, 2.75) is 18.7 Å². The summed E-state index contributed by atoms with van der Waals surface area (Å²) in [6.07, 6.45) is 1.16. The number of carbonyl (C=O) groups excluding carboxylic acids is 1. The van der Waals surface area contributed by atoms with E-state index in [9.17, 15) is 13.2 Å². The Morgan fingerprint density at radius 2 is 1.83 bits per heavy atom. The maximum Gasteiger partial charge on any atom is 0.270 e. The van der Waals surface area contributed by atoms with E-state index >= 15 is 0 Å². The number of thiophene rings is 1. The van der Waals surface area contributed by atoms with Crippen molar-refractivity contribution in [2.75, 3.05) is 37.3 Å². The van der Waals surface area contributed by atoms with Crippen molar-refractivity contribution >= 4 is 65.4 Å². The zero-order valence-electron chi connectivity index (χ0n) is 16.4. The van der Waals surface area contributed by atoms with Crippen molar-refractivity contribution in [3.8, 4) is 0 Å². The molecule has 0 spiro atoms. The number of hydrogen-bond donors (Lipinski definition) is 0. The van der Waals surface area contributed by atoms with Crippen LogP contribution in [-0.4, -0.2) is 56.6 Å². The quantitative estimate of drug-likeness (QED) is 0.486. The van der Waals surface area contributed by atoms with E-state index in [-0.39, 0.29) is 10.8 Å². The average molecular weight is 472 g/mol. The average Bonchev–Trinajstić information content (AvgIpc) is 3.29. The lowest BCUT2D eigenvalue weighted by atomic mass is 10.3. The highest BCUT2D eigenvalue weighted by molar-refractivity contribution is 7.91. The first-order valence-corrected chi connectivity index (χ1v) is 13.0. The lowest BCUT2D eigenvalue weighted by molar-refractivity contribution is 0.0987. The fraction of sp³-hybridized carbons (Fsp3) is 0.368. The maximum absolute atomic E-state index is 13.2. The van der Waals surface area contributed by atoms with Gasteiger partial charge in [-0.3, -0.25) is 9.69 Å². The highest BCUT2D eigenvalue weighted by Crippen LogP contribution is 2.34. The van der Waals surface area contributed by atoms with Crippen molar-refractivity contribution in [2.24, 2.45) is 0 Å². The fourth-order valence-corrected chi connectivity index (χ4v) is 5.86. The summed E-state index contributed by atoms with van der Waals surface area (Å²) in [7, 11) is -3.43. The van der Waals surface area contributed by atoms with Gasteiger partial charge in [-0.15, -0.1) is 11.3 Å². The predicted molar refractivity (Wildman–Crippen MR) is 122 cm³/mol. The van der Waals surface area contributed by atoms with Crippen LogP contribution in [-0.2, 0) is 9.84 Å². The Labute approximate surface area is 183 Å². The molecule has 0 aliphatic rings. The molecule has 10 heteroatoms. The van der Waals surface area contributed by atoms with Crippen LogP contribution in [0.1, 0.15) is 23.5 Å². The van der Waals surface area contributed by atoms with Gasteiger partial charge in [0.2, 0.25) is 0 Å². The van der Waals surface area contributed by atoms with Crippen molar-refractivity contribution < 1.29 is 13.2 Å². The van der Waals surface area contributed by atoms with Gasteiger partial charge in [0, 0.05) is 19.3 Å². The highest BCUT2D eigenvalue weighted by Gasteiger charge is 2.25. The molecular weight excluding hydrogens is 450 g/mol. The van der Waals surface area contributed by atoms with E-state index in [2.05, 4.69) is 23.7 Å². The summed E-state index contributed by atoms with van der Waals surface area (Å²) in [6.45, 7) is 7.04. The first-order chi connectivity index (χ1) is 13.7. The van der Waals surface area contributed by atoms with E-state index in [1.807, 2.05) is 6.07 Å². The van der Waals surface area contributed by atoms with E-state index in [0.29, 0.717) is 33.0 Å².